The van der Waals surface area contributed by atoms with Crippen molar-refractivity contribution in [3.8, 4) is 0 Å². The van der Waals surface area contributed by atoms with Crippen molar-refractivity contribution in [2.45, 2.75) is 81.7 Å². The number of benzene rings is 1. The fraction of sp³-hybridized carbons (Fsp3) is 0.667. The SMILES string of the molecule is O=C(CCCn1nnc2cc(S(=O)(=O)N3CCCC3)ccc21)NC1CCCCCC1. The van der Waals surface area contributed by atoms with E-state index in [0.717, 1.165) is 31.2 Å². The van der Waals surface area contributed by atoms with Crippen molar-refractivity contribution >= 4 is 27.0 Å². The first-order valence-electron chi connectivity index (χ1n) is 11.2. The zero-order chi connectivity index (χ0) is 21.0. The Morgan fingerprint density at radius 3 is 2.53 bits per heavy atom. The van der Waals surface area contributed by atoms with Crippen molar-refractivity contribution in [2.24, 2.45) is 0 Å². The maximum Gasteiger partial charge on any atom is 0.243 e. The molecule has 1 saturated carbocycles. The highest BCUT2D eigenvalue weighted by Gasteiger charge is 2.27. The van der Waals surface area contributed by atoms with Gasteiger partial charge in [-0.2, -0.15) is 4.31 Å². The third-order valence-corrected chi connectivity index (χ3v) is 8.08. The second kappa shape index (κ2) is 9.43. The molecule has 2 aliphatic rings. The summed E-state index contributed by atoms with van der Waals surface area (Å²) in [5, 5.41) is 11.5. The van der Waals surface area contributed by atoms with Gasteiger partial charge in [-0.3, -0.25) is 4.79 Å². The van der Waals surface area contributed by atoms with Gasteiger partial charge in [-0.1, -0.05) is 30.9 Å². The van der Waals surface area contributed by atoms with Crippen LogP contribution in [0.15, 0.2) is 23.1 Å². The van der Waals surface area contributed by atoms with Crippen LogP contribution in [0.4, 0.5) is 0 Å². The van der Waals surface area contributed by atoms with Gasteiger partial charge in [-0.15, -0.1) is 5.10 Å². The average Bonchev–Trinajstić information content (AvgIpc) is 3.34. The molecule has 1 saturated heterocycles. The van der Waals surface area contributed by atoms with E-state index >= 15 is 0 Å². The minimum atomic E-state index is -3.46. The highest BCUT2D eigenvalue weighted by molar-refractivity contribution is 7.89. The lowest BCUT2D eigenvalue weighted by Gasteiger charge is -2.16. The third kappa shape index (κ3) is 4.83. The summed E-state index contributed by atoms with van der Waals surface area (Å²) in [6.45, 7) is 1.73. The third-order valence-electron chi connectivity index (χ3n) is 6.18. The number of sulfonamides is 1. The van der Waals surface area contributed by atoms with Gasteiger partial charge < -0.3 is 5.32 Å². The molecule has 164 valence electrons. The van der Waals surface area contributed by atoms with Crippen molar-refractivity contribution in [2.75, 3.05) is 13.1 Å². The molecule has 0 atom stereocenters. The zero-order valence-corrected chi connectivity index (χ0v) is 18.2. The van der Waals surface area contributed by atoms with E-state index in [4.69, 9.17) is 0 Å². The summed E-state index contributed by atoms with van der Waals surface area (Å²) in [4.78, 5) is 12.5. The molecule has 2 heterocycles. The average molecular weight is 434 g/mol. The molecule has 2 aromatic rings. The Hall–Kier alpha value is -2.00. The Kier molecular flexibility index (Phi) is 6.67. The van der Waals surface area contributed by atoms with E-state index in [0.29, 0.717) is 44.0 Å². The monoisotopic (exact) mass is 433 g/mol. The molecule has 0 spiro atoms. The Morgan fingerprint density at radius 2 is 1.80 bits per heavy atom. The summed E-state index contributed by atoms with van der Waals surface area (Å²) < 4.78 is 28.8. The van der Waals surface area contributed by atoms with Crippen LogP contribution in [0, 0.1) is 0 Å². The number of aromatic nitrogens is 3. The van der Waals surface area contributed by atoms with Crippen LogP contribution >= 0.6 is 0 Å². The lowest BCUT2D eigenvalue weighted by atomic mass is 10.1. The molecule has 1 amide bonds. The van der Waals surface area contributed by atoms with Crippen LogP contribution in [-0.2, 0) is 21.4 Å². The summed E-state index contributed by atoms with van der Waals surface area (Å²) in [7, 11) is -3.46. The Morgan fingerprint density at radius 1 is 1.07 bits per heavy atom. The standard InChI is InChI=1S/C21H31N5O3S/c27-21(22-17-8-3-1-2-4-9-17)10-7-15-26-20-12-11-18(16-19(20)23-24-26)30(28,29)25-13-5-6-14-25/h11-12,16-17H,1-10,13-15H2,(H,22,27). The lowest BCUT2D eigenvalue weighted by molar-refractivity contribution is -0.122. The Bertz CT molecular complexity index is 974. The number of hydrogen-bond donors (Lipinski definition) is 1. The molecule has 1 aliphatic heterocycles. The molecule has 8 nitrogen and oxygen atoms in total. The molecule has 9 heteroatoms. The first-order chi connectivity index (χ1) is 14.5. The molecule has 1 aromatic carbocycles. The number of carbonyl (C=O) groups excluding carboxylic acids is 1. The van der Waals surface area contributed by atoms with E-state index < -0.39 is 10.0 Å². The summed E-state index contributed by atoms with van der Waals surface area (Å²) >= 11 is 0. The number of nitrogens with one attached hydrogen (secondary N) is 1. The van der Waals surface area contributed by atoms with Crippen LogP contribution in [0.25, 0.3) is 11.0 Å². The van der Waals surface area contributed by atoms with Gasteiger partial charge >= 0.3 is 0 Å². The second-order valence-electron chi connectivity index (χ2n) is 8.43. The molecule has 1 aliphatic carbocycles. The van der Waals surface area contributed by atoms with Crippen LogP contribution in [0.1, 0.15) is 64.2 Å². The van der Waals surface area contributed by atoms with Crippen LogP contribution in [0.2, 0.25) is 0 Å². The minimum Gasteiger partial charge on any atom is -0.353 e. The van der Waals surface area contributed by atoms with Crippen molar-refractivity contribution in [3.63, 3.8) is 0 Å². The number of nitrogens with zero attached hydrogens (tertiary/aromatic N) is 4. The number of aryl methyl sites for hydroxylation is 1. The summed E-state index contributed by atoms with van der Waals surface area (Å²) in [5.41, 5.74) is 1.36. The quantitative estimate of drug-likeness (QED) is 0.677. The molecule has 0 unspecified atom stereocenters. The molecule has 0 radical (unpaired) electrons. The molecular formula is C21H31N5O3S. The molecule has 1 N–H and O–H groups in total. The van der Waals surface area contributed by atoms with Crippen LogP contribution in [0.5, 0.6) is 0 Å². The predicted molar refractivity (Wildman–Crippen MR) is 114 cm³/mol. The van der Waals surface area contributed by atoms with E-state index in [-0.39, 0.29) is 10.8 Å². The Balaban J connectivity index is 1.34. The fourth-order valence-electron chi connectivity index (χ4n) is 4.47. The van der Waals surface area contributed by atoms with E-state index in [1.807, 2.05) is 0 Å². The molecule has 4 rings (SSSR count). The number of carbonyl (C=O) groups is 1. The van der Waals surface area contributed by atoms with Crippen molar-refractivity contribution in [1.29, 1.82) is 0 Å². The van der Waals surface area contributed by atoms with Crippen molar-refractivity contribution in [1.82, 2.24) is 24.6 Å². The van der Waals surface area contributed by atoms with Gasteiger partial charge in [-0.05, 0) is 50.3 Å². The van der Waals surface area contributed by atoms with Gasteiger partial charge in [0, 0.05) is 32.1 Å². The van der Waals surface area contributed by atoms with Crippen LogP contribution in [-0.4, -0.2) is 52.8 Å². The first-order valence-corrected chi connectivity index (χ1v) is 12.6. The summed E-state index contributed by atoms with van der Waals surface area (Å²) in [6, 6.07) is 5.33. The van der Waals surface area contributed by atoms with E-state index in [2.05, 4.69) is 15.6 Å². The number of rotatable bonds is 7. The fourth-order valence-corrected chi connectivity index (χ4v) is 6.01. The maximum absolute atomic E-state index is 12.7. The van der Waals surface area contributed by atoms with Gasteiger partial charge in [0.15, 0.2) is 0 Å². The Labute approximate surface area is 178 Å². The van der Waals surface area contributed by atoms with Crippen molar-refractivity contribution in [3.05, 3.63) is 18.2 Å². The topological polar surface area (TPSA) is 97.2 Å². The predicted octanol–water partition coefficient (Wildman–Crippen LogP) is 2.83. The number of amides is 1. The van der Waals surface area contributed by atoms with Gasteiger partial charge in [-0.25, -0.2) is 13.1 Å². The highest BCUT2D eigenvalue weighted by atomic mass is 32.2. The summed E-state index contributed by atoms with van der Waals surface area (Å²) in [6.07, 6.45) is 10.1. The molecule has 30 heavy (non-hydrogen) atoms. The van der Waals surface area contributed by atoms with Gasteiger partial charge in [0.25, 0.3) is 0 Å². The van der Waals surface area contributed by atoms with Gasteiger partial charge in [0.2, 0.25) is 15.9 Å². The normalized spacial score (nSPS) is 19.2. The highest BCUT2D eigenvalue weighted by Crippen LogP contribution is 2.24. The van der Waals surface area contributed by atoms with E-state index in [9.17, 15) is 13.2 Å². The first kappa shape index (κ1) is 21.2. The van der Waals surface area contributed by atoms with Crippen LogP contribution < -0.4 is 5.32 Å². The largest absolute Gasteiger partial charge is 0.353 e. The zero-order valence-electron chi connectivity index (χ0n) is 17.4. The molecule has 1 aromatic heterocycles. The minimum absolute atomic E-state index is 0.102. The smallest absolute Gasteiger partial charge is 0.243 e. The molecular weight excluding hydrogens is 402 g/mol. The van der Waals surface area contributed by atoms with Gasteiger partial charge in [0.05, 0.1) is 10.4 Å². The van der Waals surface area contributed by atoms with Crippen LogP contribution in [0.3, 0.4) is 0 Å². The molecule has 2 fully saturated rings. The van der Waals surface area contributed by atoms with E-state index in [1.165, 1.54) is 30.0 Å². The second-order valence-corrected chi connectivity index (χ2v) is 10.4. The van der Waals surface area contributed by atoms with E-state index in [1.54, 1.807) is 22.9 Å². The van der Waals surface area contributed by atoms with Gasteiger partial charge in [0.1, 0.15) is 5.52 Å². The molecule has 0 bridgehead atoms. The van der Waals surface area contributed by atoms with Crippen molar-refractivity contribution < 1.29 is 13.2 Å². The summed E-state index contributed by atoms with van der Waals surface area (Å²) in [5.74, 6) is 0.102. The number of hydrogen-bond acceptors (Lipinski definition) is 5. The lowest BCUT2D eigenvalue weighted by Crippen LogP contribution is -2.34. The number of fused-ring (bicyclic) bond motifs is 1. The maximum atomic E-state index is 12.7.